The normalized spacial score (nSPS) is 10.6. The lowest BCUT2D eigenvalue weighted by molar-refractivity contribution is 0.465. The SMILES string of the molecule is CNc1nccc(-c2cccnc2Oc2ccc(Nc3cc(C)c(-c4ccccc4)nn3)cc2)n1. The first-order chi connectivity index (χ1) is 17.2. The van der Waals surface area contributed by atoms with Gasteiger partial charge in [-0.3, -0.25) is 0 Å². The minimum absolute atomic E-state index is 0.465. The molecule has 0 fully saturated rings. The zero-order chi connectivity index (χ0) is 24.0. The molecule has 0 spiro atoms. The first-order valence-electron chi connectivity index (χ1n) is 11.1. The molecule has 0 amide bonds. The lowest BCUT2D eigenvalue weighted by Gasteiger charge is -2.11. The van der Waals surface area contributed by atoms with Crippen LogP contribution in [0.3, 0.4) is 0 Å². The van der Waals surface area contributed by atoms with Crippen molar-refractivity contribution in [2.45, 2.75) is 6.92 Å². The van der Waals surface area contributed by atoms with E-state index in [-0.39, 0.29) is 0 Å². The number of rotatable bonds is 7. The third kappa shape index (κ3) is 5.06. The molecule has 0 aliphatic carbocycles. The quantitative estimate of drug-likeness (QED) is 0.310. The zero-order valence-electron chi connectivity index (χ0n) is 19.3. The highest BCUT2D eigenvalue weighted by Crippen LogP contribution is 2.31. The van der Waals surface area contributed by atoms with Gasteiger partial charge in [0.25, 0.3) is 0 Å². The van der Waals surface area contributed by atoms with E-state index in [0.717, 1.165) is 33.8 Å². The summed E-state index contributed by atoms with van der Waals surface area (Å²) in [6, 6.07) is 25.2. The minimum atomic E-state index is 0.465. The third-order valence-corrected chi connectivity index (χ3v) is 5.30. The Hall–Kier alpha value is -4.85. The molecule has 8 heteroatoms. The average molecular weight is 462 g/mol. The summed E-state index contributed by atoms with van der Waals surface area (Å²) in [7, 11) is 1.78. The molecular weight excluding hydrogens is 438 g/mol. The molecular formula is C27H23N7O. The maximum absolute atomic E-state index is 6.08. The van der Waals surface area contributed by atoms with Gasteiger partial charge in [0, 0.05) is 30.7 Å². The largest absolute Gasteiger partial charge is 0.438 e. The molecule has 0 saturated carbocycles. The molecule has 0 unspecified atom stereocenters. The van der Waals surface area contributed by atoms with Crippen molar-refractivity contribution in [3.8, 4) is 34.1 Å². The topological polar surface area (TPSA) is 97.7 Å². The number of nitrogens with zero attached hydrogens (tertiary/aromatic N) is 5. The summed E-state index contributed by atoms with van der Waals surface area (Å²) in [5.41, 5.74) is 5.33. The third-order valence-electron chi connectivity index (χ3n) is 5.30. The van der Waals surface area contributed by atoms with Crippen molar-refractivity contribution < 1.29 is 4.74 Å². The molecule has 5 aromatic rings. The number of nitrogens with one attached hydrogen (secondary N) is 2. The highest BCUT2D eigenvalue weighted by atomic mass is 16.5. The van der Waals surface area contributed by atoms with E-state index in [1.807, 2.05) is 85.8 Å². The number of anilines is 3. The number of hydrogen-bond donors (Lipinski definition) is 2. The fraction of sp³-hybridized carbons (Fsp3) is 0.0741. The molecule has 2 aromatic carbocycles. The van der Waals surface area contributed by atoms with E-state index >= 15 is 0 Å². The number of hydrogen-bond acceptors (Lipinski definition) is 8. The van der Waals surface area contributed by atoms with Crippen LogP contribution in [-0.2, 0) is 0 Å². The summed E-state index contributed by atoms with van der Waals surface area (Å²) in [6.45, 7) is 2.03. The number of aryl methyl sites for hydroxylation is 1. The van der Waals surface area contributed by atoms with E-state index in [4.69, 9.17) is 4.74 Å². The van der Waals surface area contributed by atoms with E-state index < -0.39 is 0 Å². The molecule has 0 aliphatic rings. The Kier molecular flexibility index (Phi) is 6.25. The van der Waals surface area contributed by atoms with E-state index in [0.29, 0.717) is 23.4 Å². The summed E-state index contributed by atoms with van der Waals surface area (Å²) >= 11 is 0. The van der Waals surface area contributed by atoms with Crippen molar-refractivity contribution in [2.24, 2.45) is 0 Å². The van der Waals surface area contributed by atoms with Crippen molar-refractivity contribution in [1.82, 2.24) is 25.1 Å². The Morgan fingerprint density at radius 3 is 2.40 bits per heavy atom. The van der Waals surface area contributed by atoms with Gasteiger partial charge in [-0.15, -0.1) is 10.2 Å². The molecule has 172 valence electrons. The fourth-order valence-corrected chi connectivity index (χ4v) is 3.59. The Morgan fingerprint density at radius 1 is 0.800 bits per heavy atom. The fourth-order valence-electron chi connectivity index (χ4n) is 3.59. The second-order valence-corrected chi connectivity index (χ2v) is 7.75. The average Bonchev–Trinajstić information content (AvgIpc) is 2.91. The van der Waals surface area contributed by atoms with Crippen molar-refractivity contribution in [3.05, 3.63) is 96.8 Å². The van der Waals surface area contributed by atoms with Crippen molar-refractivity contribution in [3.63, 3.8) is 0 Å². The molecule has 8 nitrogen and oxygen atoms in total. The number of pyridine rings is 1. The monoisotopic (exact) mass is 461 g/mol. The number of aromatic nitrogens is 5. The Labute approximate surface area is 203 Å². The molecule has 0 atom stereocenters. The van der Waals surface area contributed by atoms with Gasteiger partial charge in [-0.05, 0) is 61.0 Å². The van der Waals surface area contributed by atoms with Crippen LogP contribution >= 0.6 is 0 Å². The maximum Gasteiger partial charge on any atom is 0.228 e. The lowest BCUT2D eigenvalue weighted by Crippen LogP contribution is -1.99. The molecule has 5 rings (SSSR count). The second kappa shape index (κ2) is 9.96. The Bertz CT molecular complexity index is 1440. The van der Waals surface area contributed by atoms with Crippen molar-refractivity contribution in [1.29, 1.82) is 0 Å². The summed E-state index contributed by atoms with van der Waals surface area (Å²) in [6.07, 6.45) is 3.39. The van der Waals surface area contributed by atoms with Gasteiger partial charge < -0.3 is 15.4 Å². The molecule has 0 saturated heterocycles. The Balaban J connectivity index is 1.31. The van der Waals surface area contributed by atoms with Gasteiger partial charge in [-0.25, -0.2) is 15.0 Å². The molecule has 0 radical (unpaired) electrons. The first kappa shape index (κ1) is 22.0. The van der Waals surface area contributed by atoms with E-state index in [9.17, 15) is 0 Å². The van der Waals surface area contributed by atoms with Crippen LogP contribution in [0.15, 0.2) is 91.3 Å². The molecule has 35 heavy (non-hydrogen) atoms. The van der Waals surface area contributed by atoms with Crippen LogP contribution in [0.1, 0.15) is 5.56 Å². The number of ether oxygens (including phenoxy) is 1. The van der Waals surface area contributed by atoms with Crippen molar-refractivity contribution in [2.75, 3.05) is 17.7 Å². The highest BCUT2D eigenvalue weighted by molar-refractivity contribution is 5.67. The summed E-state index contributed by atoms with van der Waals surface area (Å²) in [5, 5.41) is 15.0. The summed E-state index contributed by atoms with van der Waals surface area (Å²) in [5.74, 6) is 2.32. The van der Waals surface area contributed by atoms with Gasteiger partial charge >= 0.3 is 0 Å². The van der Waals surface area contributed by atoms with Crippen LogP contribution in [0.25, 0.3) is 22.5 Å². The molecule has 3 aromatic heterocycles. The van der Waals surface area contributed by atoms with E-state index in [1.54, 1.807) is 19.4 Å². The molecule has 0 bridgehead atoms. The lowest BCUT2D eigenvalue weighted by atomic mass is 10.1. The zero-order valence-corrected chi connectivity index (χ0v) is 19.3. The predicted octanol–water partition coefficient (Wildman–Crippen LogP) is 5.88. The second-order valence-electron chi connectivity index (χ2n) is 7.75. The molecule has 2 N–H and O–H groups in total. The summed E-state index contributed by atoms with van der Waals surface area (Å²) in [4.78, 5) is 13.1. The maximum atomic E-state index is 6.08. The van der Waals surface area contributed by atoms with Gasteiger partial charge in [0.05, 0.1) is 17.0 Å². The van der Waals surface area contributed by atoms with Crippen LogP contribution in [0.5, 0.6) is 11.6 Å². The standard InChI is InChI=1S/C27H23N7O/c1-18-17-24(33-34-25(18)19-7-4-3-5-8-19)31-20-10-12-21(13-11-20)35-26-22(9-6-15-29-26)23-14-16-30-27(28-2)32-23/h3-17H,1-2H3,(H,31,33)(H,28,30,32). The van der Waals surface area contributed by atoms with Gasteiger partial charge in [0.15, 0.2) is 5.82 Å². The molecule has 3 heterocycles. The van der Waals surface area contributed by atoms with Crippen LogP contribution in [0.2, 0.25) is 0 Å². The van der Waals surface area contributed by atoms with Gasteiger partial charge in [-0.1, -0.05) is 30.3 Å². The smallest absolute Gasteiger partial charge is 0.228 e. The van der Waals surface area contributed by atoms with E-state index in [2.05, 4.69) is 35.8 Å². The van der Waals surface area contributed by atoms with Gasteiger partial charge in [0.1, 0.15) is 5.75 Å². The van der Waals surface area contributed by atoms with Crippen molar-refractivity contribution >= 4 is 17.5 Å². The Morgan fingerprint density at radius 2 is 1.63 bits per heavy atom. The highest BCUT2D eigenvalue weighted by Gasteiger charge is 2.11. The predicted molar refractivity (Wildman–Crippen MR) is 137 cm³/mol. The van der Waals surface area contributed by atoms with Crippen LogP contribution in [-0.4, -0.2) is 32.2 Å². The molecule has 0 aliphatic heterocycles. The first-order valence-corrected chi connectivity index (χ1v) is 11.1. The summed E-state index contributed by atoms with van der Waals surface area (Å²) < 4.78 is 6.08. The van der Waals surface area contributed by atoms with Crippen LogP contribution in [0.4, 0.5) is 17.5 Å². The van der Waals surface area contributed by atoms with Gasteiger partial charge in [-0.2, -0.15) is 0 Å². The number of benzene rings is 2. The van der Waals surface area contributed by atoms with E-state index in [1.165, 1.54) is 0 Å². The van der Waals surface area contributed by atoms with Crippen LogP contribution < -0.4 is 15.4 Å². The minimum Gasteiger partial charge on any atom is -0.438 e. The van der Waals surface area contributed by atoms with Crippen LogP contribution in [0, 0.1) is 6.92 Å². The van der Waals surface area contributed by atoms with Gasteiger partial charge in [0.2, 0.25) is 11.8 Å².